The highest BCUT2D eigenvalue weighted by atomic mass is 79.9. The van der Waals surface area contributed by atoms with E-state index in [1.807, 2.05) is 0 Å². The zero-order chi connectivity index (χ0) is 13.3. The maximum atomic E-state index is 13.3. The predicted molar refractivity (Wildman–Crippen MR) is 75.3 cm³/mol. The van der Waals surface area contributed by atoms with Gasteiger partial charge < -0.3 is 9.73 Å². The number of halogens is 2. The molecule has 0 amide bonds. The molecular weight excluding hydrogens is 297 g/mol. The molecule has 2 nitrogen and oxygen atoms in total. The Balaban J connectivity index is 2.17. The van der Waals surface area contributed by atoms with Crippen molar-refractivity contribution in [2.45, 2.75) is 32.7 Å². The number of fused-ring (bicyclic) bond motifs is 1. The summed E-state index contributed by atoms with van der Waals surface area (Å²) in [6.07, 6.45) is 2.57. The Morgan fingerprint density at radius 1 is 1.33 bits per heavy atom. The average molecular weight is 314 g/mol. The molecule has 0 aliphatic heterocycles. The van der Waals surface area contributed by atoms with Crippen LogP contribution in [0.4, 0.5) is 4.39 Å². The van der Waals surface area contributed by atoms with Crippen LogP contribution in [-0.4, -0.2) is 12.1 Å². The first kappa shape index (κ1) is 13.6. The SMILES string of the molecule is CC(C)(C)NCCc1coc2cc(F)c(Br)cc12. The smallest absolute Gasteiger partial charge is 0.141 e. The maximum absolute atomic E-state index is 13.3. The van der Waals surface area contributed by atoms with Gasteiger partial charge in [-0.1, -0.05) is 0 Å². The minimum atomic E-state index is -0.295. The topological polar surface area (TPSA) is 25.2 Å². The zero-order valence-corrected chi connectivity index (χ0v) is 12.4. The normalized spacial score (nSPS) is 12.3. The van der Waals surface area contributed by atoms with Gasteiger partial charge in [0.15, 0.2) is 0 Å². The lowest BCUT2D eigenvalue weighted by molar-refractivity contribution is 0.429. The van der Waals surface area contributed by atoms with Crippen LogP contribution in [0.2, 0.25) is 0 Å². The molecule has 0 radical (unpaired) electrons. The molecule has 2 rings (SSSR count). The Hall–Kier alpha value is -0.870. The van der Waals surface area contributed by atoms with Gasteiger partial charge in [-0.2, -0.15) is 0 Å². The zero-order valence-electron chi connectivity index (χ0n) is 10.8. The molecule has 1 heterocycles. The number of benzene rings is 1. The fourth-order valence-corrected chi connectivity index (χ4v) is 2.18. The van der Waals surface area contributed by atoms with Crippen molar-refractivity contribution >= 4 is 26.9 Å². The van der Waals surface area contributed by atoms with Crippen LogP contribution in [-0.2, 0) is 6.42 Å². The molecule has 1 aromatic heterocycles. The summed E-state index contributed by atoms with van der Waals surface area (Å²) in [5.41, 5.74) is 1.80. The third-order valence-corrected chi connectivity index (χ3v) is 3.35. The van der Waals surface area contributed by atoms with Crippen LogP contribution < -0.4 is 5.32 Å². The van der Waals surface area contributed by atoms with Crippen molar-refractivity contribution < 1.29 is 8.81 Å². The summed E-state index contributed by atoms with van der Waals surface area (Å²) in [5.74, 6) is -0.295. The van der Waals surface area contributed by atoms with E-state index in [0.717, 1.165) is 23.9 Å². The standard InChI is InChI=1S/C14H17BrFNO/c1-14(2,3)17-5-4-9-8-18-13-7-12(16)11(15)6-10(9)13/h6-8,17H,4-5H2,1-3H3. The first-order valence-electron chi connectivity index (χ1n) is 5.97. The molecule has 2 aromatic rings. The fourth-order valence-electron chi connectivity index (χ4n) is 1.84. The minimum absolute atomic E-state index is 0.103. The third kappa shape index (κ3) is 3.12. The molecule has 0 bridgehead atoms. The molecule has 0 spiro atoms. The Labute approximate surface area is 115 Å². The van der Waals surface area contributed by atoms with Crippen LogP contribution in [0.15, 0.2) is 27.3 Å². The van der Waals surface area contributed by atoms with Gasteiger partial charge in [0, 0.05) is 17.0 Å². The van der Waals surface area contributed by atoms with E-state index in [0.29, 0.717) is 10.1 Å². The van der Waals surface area contributed by atoms with E-state index in [-0.39, 0.29) is 11.4 Å². The van der Waals surface area contributed by atoms with Gasteiger partial charge in [0.2, 0.25) is 0 Å². The van der Waals surface area contributed by atoms with Gasteiger partial charge in [-0.15, -0.1) is 0 Å². The van der Waals surface area contributed by atoms with E-state index in [2.05, 4.69) is 42.0 Å². The molecule has 1 N–H and O–H groups in total. The second-order valence-corrected chi connectivity index (χ2v) is 6.30. The highest BCUT2D eigenvalue weighted by molar-refractivity contribution is 9.10. The van der Waals surface area contributed by atoms with Crippen molar-refractivity contribution in [2.75, 3.05) is 6.54 Å². The molecule has 0 saturated carbocycles. The predicted octanol–water partition coefficient (Wildman–Crippen LogP) is 4.27. The molecule has 0 aliphatic carbocycles. The van der Waals surface area contributed by atoms with Crippen LogP contribution in [0.25, 0.3) is 11.0 Å². The van der Waals surface area contributed by atoms with Crippen LogP contribution in [0, 0.1) is 5.82 Å². The van der Waals surface area contributed by atoms with Crippen LogP contribution in [0.1, 0.15) is 26.3 Å². The van der Waals surface area contributed by atoms with Gasteiger partial charge in [0.1, 0.15) is 11.4 Å². The largest absolute Gasteiger partial charge is 0.464 e. The van der Waals surface area contributed by atoms with Crippen molar-refractivity contribution in [1.29, 1.82) is 0 Å². The second-order valence-electron chi connectivity index (χ2n) is 5.45. The molecule has 0 fully saturated rings. The van der Waals surface area contributed by atoms with Crippen LogP contribution >= 0.6 is 15.9 Å². The van der Waals surface area contributed by atoms with E-state index < -0.39 is 0 Å². The molecular formula is C14H17BrFNO. The number of furan rings is 1. The van der Waals surface area contributed by atoms with Gasteiger partial charge >= 0.3 is 0 Å². The summed E-state index contributed by atoms with van der Waals surface area (Å²) in [5, 5.41) is 4.39. The lowest BCUT2D eigenvalue weighted by Crippen LogP contribution is -2.37. The van der Waals surface area contributed by atoms with Crippen molar-refractivity contribution in [3.8, 4) is 0 Å². The summed E-state index contributed by atoms with van der Waals surface area (Å²) >= 11 is 3.20. The molecule has 0 atom stereocenters. The van der Waals surface area contributed by atoms with E-state index in [9.17, 15) is 4.39 Å². The number of hydrogen-bond acceptors (Lipinski definition) is 2. The summed E-state index contributed by atoms with van der Waals surface area (Å²) in [4.78, 5) is 0. The highest BCUT2D eigenvalue weighted by Crippen LogP contribution is 2.27. The number of hydrogen-bond donors (Lipinski definition) is 1. The molecule has 98 valence electrons. The minimum Gasteiger partial charge on any atom is -0.464 e. The third-order valence-electron chi connectivity index (χ3n) is 2.75. The summed E-state index contributed by atoms with van der Waals surface area (Å²) in [6, 6.07) is 3.20. The molecule has 4 heteroatoms. The Morgan fingerprint density at radius 3 is 2.72 bits per heavy atom. The van der Waals surface area contributed by atoms with Gasteiger partial charge in [-0.25, -0.2) is 4.39 Å². The summed E-state index contributed by atoms with van der Waals surface area (Å²) < 4.78 is 19.2. The van der Waals surface area contributed by atoms with Crippen molar-refractivity contribution in [1.82, 2.24) is 5.32 Å². The second kappa shape index (κ2) is 5.02. The van der Waals surface area contributed by atoms with Gasteiger partial charge in [-0.05, 0) is 61.3 Å². The maximum Gasteiger partial charge on any atom is 0.141 e. The van der Waals surface area contributed by atoms with Gasteiger partial charge in [0.05, 0.1) is 10.7 Å². The highest BCUT2D eigenvalue weighted by Gasteiger charge is 2.12. The van der Waals surface area contributed by atoms with Gasteiger partial charge in [-0.3, -0.25) is 0 Å². The monoisotopic (exact) mass is 313 g/mol. The molecule has 0 saturated heterocycles. The van der Waals surface area contributed by atoms with Crippen molar-refractivity contribution in [3.05, 3.63) is 34.2 Å². The van der Waals surface area contributed by atoms with E-state index in [4.69, 9.17) is 4.42 Å². The first-order chi connectivity index (χ1) is 8.37. The Bertz CT molecular complexity index is 557. The molecule has 1 aromatic carbocycles. The van der Waals surface area contributed by atoms with E-state index >= 15 is 0 Å². The van der Waals surface area contributed by atoms with Crippen molar-refractivity contribution in [2.24, 2.45) is 0 Å². The lowest BCUT2D eigenvalue weighted by Gasteiger charge is -2.20. The number of rotatable bonds is 3. The van der Waals surface area contributed by atoms with Crippen molar-refractivity contribution in [3.63, 3.8) is 0 Å². The number of nitrogens with one attached hydrogen (secondary N) is 1. The van der Waals surface area contributed by atoms with Gasteiger partial charge in [0.25, 0.3) is 0 Å². The molecule has 18 heavy (non-hydrogen) atoms. The quantitative estimate of drug-likeness (QED) is 0.915. The lowest BCUT2D eigenvalue weighted by atomic mass is 10.1. The first-order valence-corrected chi connectivity index (χ1v) is 6.76. The fraction of sp³-hybridized carbons (Fsp3) is 0.429. The van der Waals surface area contributed by atoms with E-state index in [1.165, 1.54) is 6.07 Å². The molecule has 0 aliphatic rings. The Morgan fingerprint density at radius 2 is 2.06 bits per heavy atom. The summed E-state index contributed by atoms with van der Waals surface area (Å²) in [6.45, 7) is 7.26. The summed E-state index contributed by atoms with van der Waals surface area (Å²) in [7, 11) is 0. The van der Waals surface area contributed by atoms with Crippen LogP contribution in [0.5, 0.6) is 0 Å². The Kier molecular flexibility index (Phi) is 3.78. The van der Waals surface area contributed by atoms with Crippen LogP contribution in [0.3, 0.4) is 0 Å². The van der Waals surface area contributed by atoms with E-state index in [1.54, 1.807) is 12.3 Å². The average Bonchev–Trinajstić information content (AvgIpc) is 2.60. The molecule has 0 unspecified atom stereocenters.